The molecule has 0 bridgehead atoms. The third-order valence-electron chi connectivity index (χ3n) is 4.94. The molecule has 1 aromatic heterocycles. The number of hydrogen-bond donors (Lipinski definition) is 0. The molecule has 0 fully saturated rings. The van der Waals surface area contributed by atoms with Gasteiger partial charge in [0.15, 0.2) is 0 Å². The molecular formula is C24H17N. The second-order valence-corrected chi connectivity index (χ2v) is 6.51. The van der Waals surface area contributed by atoms with Crippen molar-refractivity contribution in [2.24, 2.45) is 0 Å². The molecule has 25 heavy (non-hydrogen) atoms. The number of nitrogens with zero attached hydrogens (tertiary/aromatic N) is 1. The summed E-state index contributed by atoms with van der Waals surface area (Å²) in [7, 11) is 0. The summed E-state index contributed by atoms with van der Waals surface area (Å²) in [4.78, 5) is 4.64. The minimum atomic E-state index is 0.994. The van der Waals surface area contributed by atoms with E-state index >= 15 is 0 Å². The molecule has 0 radical (unpaired) electrons. The number of pyridine rings is 1. The first-order valence-electron chi connectivity index (χ1n) is 8.61. The highest BCUT2D eigenvalue weighted by molar-refractivity contribution is 5.95. The van der Waals surface area contributed by atoms with Gasteiger partial charge in [-0.3, -0.25) is 4.98 Å². The summed E-state index contributed by atoms with van der Waals surface area (Å²) in [5, 5.41) is 1.18. The largest absolute Gasteiger partial charge is 0.256 e. The Kier molecular flexibility index (Phi) is 3.24. The number of rotatable bonds is 2. The second-order valence-electron chi connectivity index (χ2n) is 6.51. The number of para-hydroxylation sites is 1. The van der Waals surface area contributed by atoms with Crippen LogP contribution < -0.4 is 0 Å². The second kappa shape index (κ2) is 5.71. The lowest BCUT2D eigenvalue weighted by Crippen LogP contribution is -1.89. The van der Waals surface area contributed by atoms with Crippen LogP contribution in [0.1, 0.15) is 16.7 Å². The van der Waals surface area contributed by atoms with Gasteiger partial charge in [0.2, 0.25) is 0 Å². The standard InChI is InChI=1S/C24H17N/c1-2-7-17(8-3-1)20-13-18-10-6-11-22(23(18)15-20)21-14-19-9-4-5-12-24(19)25-16-21/h1-12,14-16H,13H2. The number of hydrogen-bond acceptors (Lipinski definition) is 1. The molecule has 1 heterocycles. The van der Waals surface area contributed by atoms with Crippen molar-refractivity contribution in [2.45, 2.75) is 6.42 Å². The molecule has 0 saturated heterocycles. The van der Waals surface area contributed by atoms with Gasteiger partial charge in [-0.1, -0.05) is 66.7 Å². The highest BCUT2D eigenvalue weighted by atomic mass is 14.6. The molecule has 5 rings (SSSR count). The Morgan fingerprint density at radius 2 is 1.56 bits per heavy atom. The van der Waals surface area contributed by atoms with Crippen LogP contribution in [0.2, 0.25) is 0 Å². The van der Waals surface area contributed by atoms with Crippen LogP contribution in [-0.2, 0) is 6.42 Å². The van der Waals surface area contributed by atoms with Crippen molar-refractivity contribution in [3.8, 4) is 11.1 Å². The number of aromatic nitrogens is 1. The highest BCUT2D eigenvalue weighted by Crippen LogP contribution is 2.37. The van der Waals surface area contributed by atoms with Gasteiger partial charge in [0, 0.05) is 17.1 Å². The summed E-state index contributed by atoms with van der Waals surface area (Å²) in [6.45, 7) is 0. The van der Waals surface area contributed by atoms with Gasteiger partial charge in [-0.05, 0) is 52.5 Å². The van der Waals surface area contributed by atoms with Crippen LogP contribution in [0.15, 0.2) is 85.1 Å². The Bertz CT molecular complexity index is 1110. The first-order chi connectivity index (χ1) is 12.4. The topological polar surface area (TPSA) is 12.9 Å². The first-order valence-corrected chi connectivity index (χ1v) is 8.61. The van der Waals surface area contributed by atoms with E-state index in [1.807, 2.05) is 12.3 Å². The molecule has 0 aliphatic heterocycles. The monoisotopic (exact) mass is 319 g/mol. The maximum absolute atomic E-state index is 4.64. The maximum Gasteiger partial charge on any atom is 0.0702 e. The molecule has 118 valence electrons. The summed E-state index contributed by atoms with van der Waals surface area (Å²) in [5.74, 6) is 0. The van der Waals surface area contributed by atoms with Crippen LogP contribution in [0.4, 0.5) is 0 Å². The van der Waals surface area contributed by atoms with Crippen molar-refractivity contribution < 1.29 is 0 Å². The highest BCUT2D eigenvalue weighted by Gasteiger charge is 2.17. The lowest BCUT2D eigenvalue weighted by atomic mass is 9.97. The van der Waals surface area contributed by atoms with Crippen molar-refractivity contribution in [3.05, 3.63) is 102 Å². The minimum absolute atomic E-state index is 0.994. The first kappa shape index (κ1) is 14.2. The van der Waals surface area contributed by atoms with Crippen LogP contribution in [0.5, 0.6) is 0 Å². The lowest BCUT2D eigenvalue weighted by molar-refractivity contribution is 1.31. The molecule has 0 saturated carbocycles. The van der Waals surface area contributed by atoms with Gasteiger partial charge in [-0.25, -0.2) is 0 Å². The van der Waals surface area contributed by atoms with Gasteiger partial charge in [0.1, 0.15) is 0 Å². The van der Waals surface area contributed by atoms with Crippen molar-refractivity contribution in [1.82, 2.24) is 4.98 Å². The Morgan fingerprint density at radius 1 is 0.720 bits per heavy atom. The van der Waals surface area contributed by atoms with E-state index in [0.717, 1.165) is 11.9 Å². The molecule has 1 aliphatic rings. The maximum atomic E-state index is 4.64. The van der Waals surface area contributed by atoms with Crippen molar-refractivity contribution in [3.63, 3.8) is 0 Å². The van der Waals surface area contributed by atoms with Gasteiger partial charge < -0.3 is 0 Å². The predicted molar refractivity (Wildman–Crippen MR) is 105 cm³/mol. The Balaban J connectivity index is 1.64. The molecule has 4 aromatic rings. The van der Waals surface area contributed by atoms with E-state index in [2.05, 4.69) is 83.9 Å². The van der Waals surface area contributed by atoms with E-state index in [-0.39, 0.29) is 0 Å². The van der Waals surface area contributed by atoms with Gasteiger partial charge in [-0.2, -0.15) is 0 Å². The van der Waals surface area contributed by atoms with E-state index in [0.29, 0.717) is 0 Å². The average molecular weight is 319 g/mol. The molecule has 1 aliphatic carbocycles. The SMILES string of the molecule is C1=C(c2ccccc2)Cc2cccc(-c3cnc4ccccc4c3)c21. The van der Waals surface area contributed by atoms with E-state index in [9.17, 15) is 0 Å². The molecular weight excluding hydrogens is 302 g/mol. The zero-order valence-electron chi connectivity index (χ0n) is 13.8. The Hall–Kier alpha value is -3.19. The number of benzene rings is 3. The van der Waals surface area contributed by atoms with E-state index in [1.54, 1.807) is 0 Å². The molecule has 0 spiro atoms. The van der Waals surface area contributed by atoms with Gasteiger partial charge in [0.25, 0.3) is 0 Å². The average Bonchev–Trinajstić information content (AvgIpc) is 3.13. The van der Waals surface area contributed by atoms with Gasteiger partial charge >= 0.3 is 0 Å². The fourth-order valence-electron chi connectivity index (χ4n) is 3.68. The third-order valence-corrected chi connectivity index (χ3v) is 4.94. The zero-order valence-corrected chi connectivity index (χ0v) is 13.8. The van der Waals surface area contributed by atoms with Crippen molar-refractivity contribution >= 4 is 22.6 Å². The molecule has 0 atom stereocenters. The smallest absolute Gasteiger partial charge is 0.0702 e. The van der Waals surface area contributed by atoms with E-state index in [4.69, 9.17) is 0 Å². The van der Waals surface area contributed by atoms with Crippen LogP contribution in [0, 0.1) is 0 Å². The molecule has 0 N–H and O–H groups in total. The minimum Gasteiger partial charge on any atom is -0.256 e. The van der Waals surface area contributed by atoms with Crippen molar-refractivity contribution in [2.75, 3.05) is 0 Å². The molecule has 0 amide bonds. The number of fused-ring (bicyclic) bond motifs is 2. The zero-order chi connectivity index (χ0) is 16.6. The summed E-state index contributed by atoms with van der Waals surface area (Å²) in [6.07, 6.45) is 5.33. The van der Waals surface area contributed by atoms with Crippen LogP contribution in [0.3, 0.4) is 0 Å². The van der Waals surface area contributed by atoms with Crippen LogP contribution in [-0.4, -0.2) is 4.98 Å². The van der Waals surface area contributed by atoms with Gasteiger partial charge in [-0.15, -0.1) is 0 Å². The van der Waals surface area contributed by atoms with Gasteiger partial charge in [0.05, 0.1) is 5.52 Å². The quantitative estimate of drug-likeness (QED) is 0.441. The third kappa shape index (κ3) is 2.45. The summed E-state index contributed by atoms with van der Waals surface area (Å²) in [6, 6.07) is 27.8. The normalized spacial score (nSPS) is 12.9. The number of allylic oxidation sites excluding steroid dienone is 1. The molecule has 1 heteroatoms. The molecule has 1 nitrogen and oxygen atoms in total. The Labute approximate surface area is 147 Å². The van der Waals surface area contributed by atoms with Crippen LogP contribution >= 0.6 is 0 Å². The summed E-state index contributed by atoms with van der Waals surface area (Å²) >= 11 is 0. The summed E-state index contributed by atoms with van der Waals surface area (Å²) < 4.78 is 0. The fourth-order valence-corrected chi connectivity index (χ4v) is 3.68. The van der Waals surface area contributed by atoms with Crippen LogP contribution in [0.25, 0.3) is 33.7 Å². The summed E-state index contributed by atoms with van der Waals surface area (Å²) in [5.41, 5.74) is 8.91. The Morgan fingerprint density at radius 3 is 2.48 bits per heavy atom. The van der Waals surface area contributed by atoms with Crippen molar-refractivity contribution in [1.29, 1.82) is 0 Å². The molecule has 0 unspecified atom stereocenters. The lowest BCUT2D eigenvalue weighted by Gasteiger charge is -2.08. The predicted octanol–water partition coefficient (Wildman–Crippen LogP) is 6.00. The molecule has 3 aromatic carbocycles. The van der Waals surface area contributed by atoms with E-state index in [1.165, 1.54) is 38.8 Å². The van der Waals surface area contributed by atoms with E-state index < -0.39 is 0 Å². The fraction of sp³-hybridized carbons (Fsp3) is 0.0417.